The SMILES string of the molecule is CCC(C)N1C(=O)/C(=C/c2cccc([N+](=O)[O-])c2)SC1=S. The molecule has 21 heavy (non-hydrogen) atoms. The molecule has 0 aliphatic carbocycles. The first-order valence-electron chi connectivity index (χ1n) is 6.45. The van der Waals surface area contributed by atoms with E-state index in [2.05, 4.69) is 0 Å². The Morgan fingerprint density at radius 2 is 2.24 bits per heavy atom. The summed E-state index contributed by atoms with van der Waals surface area (Å²) >= 11 is 6.47. The van der Waals surface area contributed by atoms with Gasteiger partial charge < -0.3 is 0 Å². The van der Waals surface area contributed by atoms with Gasteiger partial charge in [0.1, 0.15) is 4.32 Å². The Hall–Kier alpha value is -1.73. The first-order chi connectivity index (χ1) is 9.93. The van der Waals surface area contributed by atoms with Gasteiger partial charge in [0.2, 0.25) is 0 Å². The predicted octanol–water partition coefficient (Wildman–Crippen LogP) is 3.59. The van der Waals surface area contributed by atoms with E-state index in [1.165, 1.54) is 23.9 Å². The fraction of sp³-hybridized carbons (Fsp3) is 0.286. The van der Waals surface area contributed by atoms with Crippen LogP contribution in [-0.2, 0) is 4.79 Å². The third kappa shape index (κ3) is 3.30. The molecule has 1 aliphatic rings. The summed E-state index contributed by atoms with van der Waals surface area (Å²) in [4.78, 5) is 24.8. The third-order valence-corrected chi connectivity index (χ3v) is 4.56. The molecule has 0 saturated carbocycles. The third-order valence-electron chi connectivity index (χ3n) is 3.23. The second-order valence-corrected chi connectivity index (χ2v) is 6.34. The van der Waals surface area contributed by atoms with E-state index in [0.717, 1.165) is 6.42 Å². The van der Waals surface area contributed by atoms with Crippen molar-refractivity contribution in [3.05, 3.63) is 44.8 Å². The standard InChI is InChI=1S/C14H14N2O3S2/c1-3-9(2)15-13(17)12(21-14(15)20)8-10-5-4-6-11(7-10)16(18)19/h4-9H,3H2,1-2H3/b12-8-. The zero-order valence-corrected chi connectivity index (χ0v) is 13.2. The van der Waals surface area contributed by atoms with Crippen LogP contribution in [-0.4, -0.2) is 26.1 Å². The molecule has 1 amide bonds. The van der Waals surface area contributed by atoms with Gasteiger partial charge in [-0.3, -0.25) is 19.8 Å². The number of nitrogens with zero attached hydrogens (tertiary/aromatic N) is 2. The number of thioether (sulfide) groups is 1. The topological polar surface area (TPSA) is 63.5 Å². The smallest absolute Gasteiger partial charge is 0.270 e. The molecule has 0 radical (unpaired) electrons. The largest absolute Gasteiger partial charge is 0.290 e. The van der Waals surface area contributed by atoms with Gasteiger partial charge in [-0.1, -0.05) is 43.0 Å². The van der Waals surface area contributed by atoms with Gasteiger partial charge in [-0.05, 0) is 25.0 Å². The van der Waals surface area contributed by atoms with Crippen molar-refractivity contribution < 1.29 is 9.72 Å². The monoisotopic (exact) mass is 322 g/mol. The Bertz CT molecular complexity index is 643. The lowest BCUT2D eigenvalue weighted by atomic mass is 10.1. The summed E-state index contributed by atoms with van der Waals surface area (Å²) in [5.74, 6) is -0.133. The summed E-state index contributed by atoms with van der Waals surface area (Å²) in [7, 11) is 0. The first kappa shape index (κ1) is 15.7. The van der Waals surface area contributed by atoms with Crippen LogP contribution in [0.2, 0.25) is 0 Å². The maximum absolute atomic E-state index is 12.4. The summed E-state index contributed by atoms with van der Waals surface area (Å²) in [6, 6.07) is 6.23. The molecule has 7 heteroatoms. The molecular weight excluding hydrogens is 308 g/mol. The lowest BCUT2D eigenvalue weighted by Gasteiger charge is -2.21. The maximum atomic E-state index is 12.4. The highest BCUT2D eigenvalue weighted by Crippen LogP contribution is 2.34. The molecule has 1 atom stereocenters. The van der Waals surface area contributed by atoms with Gasteiger partial charge in [-0.15, -0.1) is 0 Å². The zero-order chi connectivity index (χ0) is 15.6. The minimum Gasteiger partial charge on any atom is -0.290 e. The fourth-order valence-electron chi connectivity index (χ4n) is 1.92. The van der Waals surface area contributed by atoms with E-state index in [0.29, 0.717) is 14.8 Å². The summed E-state index contributed by atoms with van der Waals surface area (Å²) in [6.45, 7) is 3.94. The van der Waals surface area contributed by atoms with E-state index in [-0.39, 0.29) is 17.6 Å². The number of nitro groups is 1. The van der Waals surface area contributed by atoms with Crippen molar-refractivity contribution in [2.75, 3.05) is 0 Å². The van der Waals surface area contributed by atoms with E-state index < -0.39 is 4.92 Å². The highest BCUT2D eigenvalue weighted by Gasteiger charge is 2.34. The van der Waals surface area contributed by atoms with Gasteiger partial charge in [0.15, 0.2) is 0 Å². The molecule has 1 aliphatic heterocycles. The lowest BCUT2D eigenvalue weighted by molar-refractivity contribution is -0.384. The Balaban J connectivity index is 2.30. The highest BCUT2D eigenvalue weighted by atomic mass is 32.2. The molecule has 1 saturated heterocycles. The lowest BCUT2D eigenvalue weighted by Crippen LogP contribution is -2.36. The second kappa shape index (κ2) is 6.36. The van der Waals surface area contributed by atoms with Crippen LogP contribution in [0.5, 0.6) is 0 Å². The number of amides is 1. The number of hydrogen-bond acceptors (Lipinski definition) is 5. The fourth-order valence-corrected chi connectivity index (χ4v) is 3.38. The number of carbonyl (C=O) groups is 1. The van der Waals surface area contributed by atoms with E-state index in [4.69, 9.17) is 12.2 Å². The molecule has 5 nitrogen and oxygen atoms in total. The highest BCUT2D eigenvalue weighted by molar-refractivity contribution is 8.26. The van der Waals surface area contributed by atoms with Crippen LogP contribution in [0.4, 0.5) is 5.69 Å². The van der Waals surface area contributed by atoms with E-state index >= 15 is 0 Å². The Kier molecular flexibility index (Phi) is 4.74. The molecule has 1 fully saturated rings. The minimum atomic E-state index is -0.457. The van der Waals surface area contributed by atoms with Gasteiger partial charge in [-0.2, -0.15) is 0 Å². The first-order valence-corrected chi connectivity index (χ1v) is 7.68. The number of thiocarbonyl (C=S) groups is 1. The molecular formula is C14H14N2O3S2. The molecule has 1 unspecified atom stereocenters. The summed E-state index contributed by atoms with van der Waals surface area (Å²) in [5.41, 5.74) is 0.620. The number of benzene rings is 1. The van der Waals surface area contributed by atoms with Crippen LogP contribution in [0.25, 0.3) is 6.08 Å². The van der Waals surface area contributed by atoms with E-state index in [1.807, 2.05) is 13.8 Å². The van der Waals surface area contributed by atoms with Crippen molar-refractivity contribution in [2.45, 2.75) is 26.3 Å². The summed E-state index contributed by atoms with van der Waals surface area (Å²) in [5, 5.41) is 10.8. The van der Waals surface area contributed by atoms with Crippen LogP contribution in [0.15, 0.2) is 29.2 Å². The van der Waals surface area contributed by atoms with Crippen molar-refractivity contribution in [2.24, 2.45) is 0 Å². The minimum absolute atomic E-state index is 0.00107. The van der Waals surface area contributed by atoms with Crippen LogP contribution in [0.1, 0.15) is 25.8 Å². The van der Waals surface area contributed by atoms with Crippen LogP contribution in [0, 0.1) is 10.1 Å². The molecule has 2 rings (SSSR count). The van der Waals surface area contributed by atoms with Crippen molar-refractivity contribution in [3.8, 4) is 0 Å². The number of rotatable bonds is 4. The molecule has 0 bridgehead atoms. The summed E-state index contributed by atoms with van der Waals surface area (Å²) in [6.07, 6.45) is 2.46. The predicted molar refractivity (Wildman–Crippen MR) is 87.9 cm³/mol. The average molecular weight is 322 g/mol. The van der Waals surface area contributed by atoms with Crippen LogP contribution >= 0.6 is 24.0 Å². The number of nitro benzene ring substituents is 1. The van der Waals surface area contributed by atoms with Crippen LogP contribution < -0.4 is 0 Å². The van der Waals surface area contributed by atoms with Crippen molar-refractivity contribution >= 4 is 46.0 Å². The normalized spacial score (nSPS) is 18.4. The molecule has 1 heterocycles. The summed E-state index contributed by atoms with van der Waals surface area (Å²) < 4.78 is 0.533. The molecule has 0 aromatic heterocycles. The number of non-ortho nitro benzene ring substituents is 1. The van der Waals surface area contributed by atoms with Crippen molar-refractivity contribution in [1.29, 1.82) is 0 Å². The molecule has 0 spiro atoms. The van der Waals surface area contributed by atoms with Crippen molar-refractivity contribution in [3.63, 3.8) is 0 Å². The second-order valence-electron chi connectivity index (χ2n) is 4.66. The number of carbonyl (C=O) groups excluding carboxylic acids is 1. The average Bonchev–Trinajstić information content (AvgIpc) is 2.73. The van der Waals surface area contributed by atoms with Gasteiger partial charge in [0, 0.05) is 18.2 Å². The van der Waals surface area contributed by atoms with Crippen LogP contribution in [0.3, 0.4) is 0 Å². The Morgan fingerprint density at radius 3 is 2.86 bits per heavy atom. The Morgan fingerprint density at radius 1 is 1.52 bits per heavy atom. The van der Waals surface area contributed by atoms with Gasteiger partial charge in [-0.25, -0.2) is 0 Å². The molecule has 0 N–H and O–H groups in total. The van der Waals surface area contributed by atoms with Gasteiger partial charge >= 0.3 is 0 Å². The van der Waals surface area contributed by atoms with Gasteiger partial charge in [0.25, 0.3) is 11.6 Å². The van der Waals surface area contributed by atoms with E-state index in [1.54, 1.807) is 23.1 Å². The Labute approximate surface area is 132 Å². The van der Waals surface area contributed by atoms with E-state index in [9.17, 15) is 14.9 Å². The maximum Gasteiger partial charge on any atom is 0.270 e. The molecule has 110 valence electrons. The zero-order valence-electron chi connectivity index (χ0n) is 11.6. The van der Waals surface area contributed by atoms with Gasteiger partial charge in [0.05, 0.1) is 9.83 Å². The molecule has 1 aromatic carbocycles. The molecule has 1 aromatic rings. The number of hydrogen-bond donors (Lipinski definition) is 0. The van der Waals surface area contributed by atoms with Crippen molar-refractivity contribution in [1.82, 2.24) is 4.90 Å². The quantitative estimate of drug-likeness (QED) is 0.367.